The van der Waals surface area contributed by atoms with Gasteiger partial charge in [-0.25, -0.2) is 23.5 Å². The fraction of sp³-hybridized carbons (Fsp3) is 0.345. The molecule has 41 heavy (non-hydrogen) atoms. The molecule has 0 unspecified atom stereocenters. The molecule has 0 atom stereocenters. The molecule has 1 saturated carbocycles. The summed E-state index contributed by atoms with van der Waals surface area (Å²) in [4.78, 5) is 58.2. The number of methoxy groups -OCH3 is 1. The maximum Gasteiger partial charge on any atom is 0.337 e. The van der Waals surface area contributed by atoms with Crippen LogP contribution in [0.1, 0.15) is 58.4 Å². The van der Waals surface area contributed by atoms with Crippen LogP contribution in [-0.4, -0.2) is 58.1 Å². The number of rotatable bonds is 7. The number of benzene rings is 1. The van der Waals surface area contributed by atoms with Gasteiger partial charge in [0.25, 0.3) is 11.5 Å². The number of carbonyl (C=O) groups excluding carboxylic acids is 2. The van der Waals surface area contributed by atoms with E-state index in [0.717, 1.165) is 16.8 Å². The molecular weight excluding hydrogens is 533 g/mol. The molecule has 0 spiro atoms. The van der Waals surface area contributed by atoms with Crippen LogP contribution in [0.15, 0.2) is 62.7 Å². The third-order valence-corrected chi connectivity index (χ3v) is 7.17. The summed E-state index contributed by atoms with van der Waals surface area (Å²) in [6.45, 7) is 0.572. The first kappa shape index (κ1) is 28.0. The van der Waals surface area contributed by atoms with Gasteiger partial charge in [-0.1, -0.05) is 6.07 Å². The fourth-order valence-corrected chi connectivity index (χ4v) is 5.26. The lowest BCUT2D eigenvalue weighted by molar-refractivity contribution is 0.0600. The predicted octanol–water partition coefficient (Wildman–Crippen LogP) is 3.04. The molecule has 0 radical (unpaired) electrons. The van der Waals surface area contributed by atoms with Crippen molar-refractivity contribution in [2.45, 2.75) is 44.3 Å². The molecule has 0 saturated heterocycles. The van der Waals surface area contributed by atoms with Crippen molar-refractivity contribution in [1.82, 2.24) is 24.3 Å². The summed E-state index contributed by atoms with van der Waals surface area (Å²) in [6, 6.07) is 9.97. The molecule has 214 valence electrons. The highest BCUT2D eigenvalue weighted by atomic mass is 19.1. The van der Waals surface area contributed by atoms with Crippen LogP contribution < -0.4 is 16.6 Å². The SMILES string of the molecule is COC(=O)c1cccc(-n2c(=O)n([C@H]3CC[C@@H](NC(=O)c4ccc(CN(C)C)o4)CC3)c(=O)c3cc(F)cnc32)c1. The van der Waals surface area contributed by atoms with Crippen molar-refractivity contribution in [2.75, 3.05) is 21.2 Å². The molecule has 1 aliphatic rings. The largest absolute Gasteiger partial charge is 0.465 e. The van der Waals surface area contributed by atoms with E-state index in [1.54, 1.807) is 24.3 Å². The highest BCUT2D eigenvalue weighted by Gasteiger charge is 2.29. The summed E-state index contributed by atoms with van der Waals surface area (Å²) < 4.78 is 27.0. The number of aromatic nitrogens is 3. The van der Waals surface area contributed by atoms with E-state index in [2.05, 4.69) is 10.3 Å². The number of hydrogen-bond donors (Lipinski definition) is 1. The molecule has 3 aromatic heterocycles. The van der Waals surface area contributed by atoms with E-state index in [0.29, 0.717) is 38.0 Å². The van der Waals surface area contributed by atoms with Crippen molar-refractivity contribution < 1.29 is 23.1 Å². The average molecular weight is 564 g/mol. The zero-order valence-corrected chi connectivity index (χ0v) is 22.9. The number of ether oxygens (including phenoxy) is 1. The van der Waals surface area contributed by atoms with E-state index in [4.69, 9.17) is 9.15 Å². The Morgan fingerprint density at radius 1 is 1.12 bits per heavy atom. The predicted molar refractivity (Wildman–Crippen MR) is 148 cm³/mol. The number of fused-ring (bicyclic) bond motifs is 1. The second-order valence-electron chi connectivity index (χ2n) is 10.3. The second kappa shape index (κ2) is 11.5. The van der Waals surface area contributed by atoms with Gasteiger partial charge in [0.05, 0.1) is 36.5 Å². The van der Waals surface area contributed by atoms with Crippen LogP contribution in [-0.2, 0) is 11.3 Å². The highest BCUT2D eigenvalue weighted by Crippen LogP contribution is 2.28. The highest BCUT2D eigenvalue weighted by molar-refractivity contribution is 5.91. The lowest BCUT2D eigenvalue weighted by Crippen LogP contribution is -2.45. The number of nitrogens with one attached hydrogen (secondary N) is 1. The van der Waals surface area contributed by atoms with E-state index in [1.165, 1.54) is 23.8 Å². The number of esters is 1. The zero-order chi connectivity index (χ0) is 29.3. The van der Waals surface area contributed by atoms with Crippen LogP contribution in [0, 0.1) is 5.82 Å². The summed E-state index contributed by atoms with van der Waals surface area (Å²) >= 11 is 0. The Labute approximate surface area is 234 Å². The van der Waals surface area contributed by atoms with Gasteiger partial charge in [0.15, 0.2) is 11.4 Å². The minimum Gasteiger partial charge on any atom is -0.465 e. The van der Waals surface area contributed by atoms with Crippen molar-refractivity contribution in [2.24, 2.45) is 0 Å². The molecule has 3 heterocycles. The first-order valence-corrected chi connectivity index (χ1v) is 13.2. The van der Waals surface area contributed by atoms with Gasteiger partial charge >= 0.3 is 11.7 Å². The Bertz CT molecular complexity index is 1730. The monoisotopic (exact) mass is 563 g/mol. The molecule has 0 aliphatic heterocycles. The van der Waals surface area contributed by atoms with Gasteiger partial charge in [-0.15, -0.1) is 0 Å². The second-order valence-corrected chi connectivity index (χ2v) is 10.3. The van der Waals surface area contributed by atoms with Crippen LogP contribution in [0.25, 0.3) is 16.7 Å². The maximum absolute atomic E-state index is 14.2. The maximum atomic E-state index is 14.2. The van der Waals surface area contributed by atoms with Crippen molar-refractivity contribution in [3.8, 4) is 5.69 Å². The number of furan rings is 1. The Hall–Kier alpha value is -4.58. The van der Waals surface area contributed by atoms with Gasteiger partial charge in [-0.3, -0.25) is 14.2 Å². The van der Waals surface area contributed by atoms with Gasteiger partial charge in [0.2, 0.25) is 0 Å². The Morgan fingerprint density at radius 2 is 1.88 bits per heavy atom. The van der Waals surface area contributed by atoms with Crippen molar-refractivity contribution in [3.63, 3.8) is 0 Å². The summed E-state index contributed by atoms with van der Waals surface area (Å²) in [5, 5.41) is 2.92. The molecule has 0 bridgehead atoms. The quantitative estimate of drug-likeness (QED) is 0.340. The minimum atomic E-state index is -0.715. The van der Waals surface area contributed by atoms with E-state index < -0.39 is 29.1 Å². The molecule has 1 amide bonds. The summed E-state index contributed by atoms with van der Waals surface area (Å²) in [5.74, 6) is -0.732. The van der Waals surface area contributed by atoms with Crippen molar-refractivity contribution >= 4 is 22.9 Å². The van der Waals surface area contributed by atoms with Gasteiger partial charge in [-0.2, -0.15) is 0 Å². The smallest absolute Gasteiger partial charge is 0.337 e. The Kier molecular flexibility index (Phi) is 7.84. The average Bonchev–Trinajstić information content (AvgIpc) is 3.42. The molecule has 1 aromatic carbocycles. The summed E-state index contributed by atoms with van der Waals surface area (Å²) in [7, 11) is 5.06. The number of halogens is 1. The topological polar surface area (TPSA) is 129 Å². The molecule has 4 aromatic rings. The first-order valence-electron chi connectivity index (χ1n) is 13.2. The van der Waals surface area contributed by atoms with Crippen LogP contribution in [0.4, 0.5) is 4.39 Å². The summed E-state index contributed by atoms with van der Waals surface area (Å²) in [6.07, 6.45) is 2.83. The normalized spacial score (nSPS) is 17.1. The fourth-order valence-electron chi connectivity index (χ4n) is 5.26. The summed E-state index contributed by atoms with van der Waals surface area (Å²) in [5.41, 5.74) is -0.836. The van der Waals surface area contributed by atoms with E-state index in [-0.39, 0.29) is 40.0 Å². The van der Waals surface area contributed by atoms with Gasteiger partial charge in [-0.05, 0) is 76.2 Å². The van der Waals surface area contributed by atoms with Gasteiger partial charge in [0, 0.05) is 12.1 Å². The van der Waals surface area contributed by atoms with Crippen LogP contribution in [0.2, 0.25) is 0 Å². The Morgan fingerprint density at radius 3 is 2.59 bits per heavy atom. The van der Waals surface area contributed by atoms with E-state index in [1.807, 2.05) is 19.0 Å². The number of pyridine rings is 1. The number of carbonyl (C=O) groups is 2. The number of nitrogens with zero attached hydrogens (tertiary/aromatic N) is 4. The van der Waals surface area contributed by atoms with Gasteiger partial charge < -0.3 is 19.4 Å². The van der Waals surface area contributed by atoms with E-state index >= 15 is 0 Å². The third-order valence-electron chi connectivity index (χ3n) is 7.17. The molecule has 11 nitrogen and oxygen atoms in total. The van der Waals surface area contributed by atoms with Crippen LogP contribution in [0.5, 0.6) is 0 Å². The lowest BCUT2D eigenvalue weighted by Gasteiger charge is -2.30. The molecule has 5 rings (SSSR count). The van der Waals surface area contributed by atoms with Gasteiger partial charge in [0.1, 0.15) is 11.6 Å². The minimum absolute atomic E-state index is 0.0206. The standard InChI is InChI=1S/C29H30FN5O6/c1-33(2)16-22-11-12-24(41-22)26(36)32-19-7-9-20(10-8-19)35-27(37)23-14-18(30)15-31-25(23)34(29(35)39)21-6-4-5-17(13-21)28(38)40-3/h4-6,11-15,19-20H,7-10,16H2,1-3H3,(H,32,36)/t19-,20+. The van der Waals surface area contributed by atoms with Crippen molar-refractivity contribution in [3.05, 3.63) is 92.4 Å². The molecule has 1 aliphatic carbocycles. The Balaban J connectivity index is 1.43. The number of hydrogen-bond acceptors (Lipinski definition) is 8. The lowest BCUT2D eigenvalue weighted by atomic mass is 9.91. The van der Waals surface area contributed by atoms with E-state index in [9.17, 15) is 23.6 Å². The third kappa shape index (κ3) is 5.68. The van der Waals surface area contributed by atoms with Crippen molar-refractivity contribution in [1.29, 1.82) is 0 Å². The molecule has 1 N–H and O–H groups in total. The first-order chi connectivity index (χ1) is 19.7. The molecule has 12 heteroatoms. The van der Waals surface area contributed by atoms with Crippen LogP contribution in [0.3, 0.4) is 0 Å². The van der Waals surface area contributed by atoms with Crippen LogP contribution >= 0.6 is 0 Å². The number of amides is 1. The molecule has 1 fully saturated rings. The molecular formula is C29H30FN5O6. The zero-order valence-electron chi connectivity index (χ0n) is 22.9.